The molecule has 0 unspecified atom stereocenters. The minimum atomic E-state index is 0.963. The fourth-order valence-electron chi connectivity index (χ4n) is 3.11. The highest BCUT2D eigenvalue weighted by Crippen LogP contribution is 2.13. The van der Waals surface area contributed by atoms with Crippen LogP contribution >= 0.6 is 0 Å². The van der Waals surface area contributed by atoms with Gasteiger partial charge in [0.05, 0.1) is 0 Å². The summed E-state index contributed by atoms with van der Waals surface area (Å²) >= 11 is 0. The number of allylic oxidation sites excluding steroid dienone is 1. The van der Waals surface area contributed by atoms with Crippen molar-refractivity contribution in [2.24, 2.45) is 0 Å². The quantitative estimate of drug-likeness (QED) is 0.796. The topological polar surface area (TPSA) is 34.0 Å². The highest BCUT2D eigenvalue weighted by atomic mass is 15.3. The number of rotatable bonds is 5. The summed E-state index contributed by atoms with van der Waals surface area (Å²) in [6.07, 6.45) is 5.19. The summed E-state index contributed by atoms with van der Waals surface area (Å²) in [5.41, 5.74) is 2.80. The molecule has 3 rings (SSSR count). The number of hydrogen-bond donors (Lipinski definition) is 0. The molecule has 0 amide bonds. The second-order valence-corrected chi connectivity index (χ2v) is 6.33. The van der Waals surface area contributed by atoms with Crippen LogP contribution < -0.4 is 0 Å². The van der Waals surface area contributed by atoms with Crippen molar-refractivity contribution in [2.75, 3.05) is 19.6 Å². The predicted molar refractivity (Wildman–Crippen MR) is 93.4 cm³/mol. The molecule has 0 aliphatic carbocycles. The second-order valence-electron chi connectivity index (χ2n) is 6.33. The number of aromatic nitrogens is 3. The molecule has 0 saturated heterocycles. The van der Waals surface area contributed by atoms with E-state index in [1.54, 1.807) is 0 Å². The van der Waals surface area contributed by atoms with Crippen LogP contribution in [0, 0.1) is 0 Å². The van der Waals surface area contributed by atoms with E-state index < -0.39 is 0 Å². The molecule has 4 nitrogen and oxygen atoms in total. The van der Waals surface area contributed by atoms with Gasteiger partial charge in [-0.05, 0) is 25.8 Å². The van der Waals surface area contributed by atoms with Crippen molar-refractivity contribution in [2.45, 2.75) is 39.7 Å². The zero-order valence-electron chi connectivity index (χ0n) is 14.2. The molecule has 0 bridgehead atoms. The largest absolute Gasteiger partial charge is 0.314 e. The Morgan fingerprint density at radius 1 is 1.09 bits per heavy atom. The summed E-state index contributed by atoms with van der Waals surface area (Å²) in [6, 6.07) is 10.6. The van der Waals surface area contributed by atoms with E-state index in [1.807, 2.05) is 0 Å². The Balaban J connectivity index is 1.63. The van der Waals surface area contributed by atoms with Crippen LogP contribution in [0.5, 0.6) is 0 Å². The maximum absolute atomic E-state index is 4.44. The molecule has 0 atom stereocenters. The molecular formula is C19H26N4. The molecule has 0 saturated carbocycles. The van der Waals surface area contributed by atoms with Crippen molar-refractivity contribution < 1.29 is 0 Å². The minimum Gasteiger partial charge on any atom is -0.314 e. The van der Waals surface area contributed by atoms with E-state index in [0.29, 0.717) is 0 Å². The van der Waals surface area contributed by atoms with Gasteiger partial charge in [-0.3, -0.25) is 4.90 Å². The van der Waals surface area contributed by atoms with Crippen LogP contribution in [-0.2, 0) is 25.8 Å². The van der Waals surface area contributed by atoms with E-state index in [9.17, 15) is 0 Å². The third-order valence-corrected chi connectivity index (χ3v) is 4.64. The highest BCUT2D eigenvalue weighted by molar-refractivity contribution is 5.16. The maximum Gasteiger partial charge on any atom is 0.134 e. The molecule has 1 aromatic heterocycles. The van der Waals surface area contributed by atoms with Gasteiger partial charge in [-0.15, -0.1) is 10.2 Å². The van der Waals surface area contributed by atoms with Gasteiger partial charge in [-0.25, -0.2) is 0 Å². The van der Waals surface area contributed by atoms with Crippen molar-refractivity contribution in [3.05, 3.63) is 59.2 Å². The molecule has 1 aliphatic heterocycles. The normalized spacial score (nSPS) is 16.2. The van der Waals surface area contributed by atoms with Crippen LogP contribution in [-0.4, -0.2) is 39.3 Å². The Hall–Kier alpha value is -1.94. The first-order valence-corrected chi connectivity index (χ1v) is 8.55. The van der Waals surface area contributed by atoms with Crippen molar-refractivity contribution in [3.8, 4) is 0 Å². The number of nitrogens with zero attached hydrogens (tertiary/aromatic N) is 4. The molecule has 0 N–H and O–H groups in total. The lowest BCUT2D eigenvalue weighted by Crippen LogP contribution is -2.28. The average molecular weight is 310 g/mol. The van der Waals surface area contributed by atoms with Crippen LogP contribution in [0.15, 0.2) is 42.0 Å². The van der Waals surface area contributed by atoms with Gasteiger partial charge in [0.1, 0.15) is 11.6 Å². The lowest BCUT2D eigenvalue weighted by atomic mass is 10.1. The van der Waals surface area contributed by atoms with E-state index in [-0.39, 0.29) is 0 Å². The summed E-state index contributed by atoms with van der Waals surface area (Å²) in [5.74, 6) is 2.28. The van der Waals surface area contributed by atoms with Gasteiger partial charge in [0.25, 0.3) is 0 Å². The molecule has 1 aliphatic rings. The Morgan fingerprint density at radius 2 is 1.91 bits per heavy atom. The summed E-state index contributed by atoms with van der Waals surface area (Å²) in [6.45, 7) is 8.54. The number of fused-ring (bicyclic) bond motifs is 1. The molecule has 2 heterocycles. The Bertz CT molecular complexity index is 657. The fraction of sp³-hybridized carbons (Fsp3) is 0.474. The Kier molecular flexibility index (Phi) is 5.23. The van der Waals surface area contributed by atoms with Crippen LogP contribution in [0.2, 0.25) is 0 Å². The van der Waals surface area contributed by atoms with Crippen molar-refractivity contribution in [1.29, 1.82) is 0 Å². The molecule has 122 valence electrons. The van der Waals surface area contributed by atoms with Crippen LogP contribution in [0.4, 0.5) is 0 Å². The van der Waals surface area contributed by atoms with E-state index in [1.165, 1.54) is 11.1 Å². The molecule has 23 heavy (non-hydrogen) atoms. The van der Waals surface area contributed by atoms with E-state index in [4.69, 9.17) is 0 Å². The van der Waals surface area contributed by atoms with Crippen molar-refractivity contribution in [1.82, 2.24) is 19.7 Å². The fourth-order valence-corrected chi connectivity index (χ4v) is 3.11. The molecule has 0 spiro atoms. The van der Waals surface area contributed by atoms with Crippen LogP contribution in [0.1, 0.15) is 31.1 Å². The van der Waals surface area contributed by atoms with Crippen molar-refractivity contribution >= 4 is 0 Å². The smallest absolute Gasteiger partial charge is 0.134 e. The molecule has 2 aromatic rings. The Labute approximate surface area is 138 Å². The molecular weight excluding hydrogens is 284 g/mol. The van der Waals surface area contributed by atoms with Gasteiger partial charge in [0.2, 0.25) is 0 Å². The first kappa shape index (κ1) is 15.9. The minimum absolute atomic E-state index is 0.963. The zero-order valence-corrected chi connectivity index (χ0v) is 14.2. The molecule has 0 radical (unpaired) electrons. The van der Waals surface area contributed by atoms with Gasteiger partial charge < -0.3 is 4.57 Å². The third kappa shape index (κ3) is 4.08. The number of hydrogen-bond acceptors (Lipinski definition) is 3. The zero-order chi connectivity index (χ0) is 16.1. The first-order valence-electron chi connectivity index (χ1n) is 8.55. The lowest BCUT2D eigenvalue weighted by molar-refractivity contribution is 0.301. The van der Waals surface area contributed by atoms with E-state index >= 15 is 0 Å². The van der Waals surface area contributed by atoms with Gasteiger partial charge in [-0.2, -0.15) is 0 Å². The van der Waals surface area contributed by atoms with E-state index in [2.05, 4.69) is 69.9 Å². The summed E-state index contributed by atoms with van der Waals surface area (Å²) in [5, 5.41) is 8.87. The van der Waals surface area contributed by atoms with Crippen molar-refractivity contribution in [3.63, 3.8) is 0 Å². The molecule has 1 aromatic carbocycles. The second kappa shape index (κ2) is 7.55. The van der Waals surface area contributed by atoms with Crippen LogP contribution in [0.3, 0.4) is 0 Å². The number of benzene rings is 1. The maximum atomic E-state index is 4.44. The van der Waals surface area contributed by atoms with Gasteiger partial charge >= 0.3 is 0 Å². The standard InChI is InChI=1S/C19H26N4/c1-3-16(2)15-22-12-11-19-21-20-18(23(19)14-13-22)10-9-17-7-5-4-6-8-17/h3-8H,9-15H2,1-2H3/b16-3+. The van der Waals surface area contributed by atoms with Gasteiger partial charge in [0.15, 0.2) is 0 Å². The molecule has 0 fully saturated rings. The van der Waals surface area contributed by atoms with Crippen LogP contribution in [0.25, 0.3) is 0 Å². The van der Waals surface area contributed by atoms with Gasteiger partial charge in [-0.1, -0.05) is 42.0 Å². The SMILES string of the molecule is C/C=C(\C)CN1CCc2nnc(CCc3ccccc3)n2CC1. The number of aryl methyl sites for hydroxylation is 2. The first-order chi connectivity index (χ1) is 11.3. The third-order valence-electron chi connectivity index (χ3n) is 4.64. The monoisotopic (exact) mass is 310 g/mol. The molecule has 4 heteroatoms. The van der Waals surface area contributed by atoms with Gasteiger partial charge in [0, 0.05) is 39.0 Å². The lowest BCUT2D eigenvalue weighted by Gasteiger charge is -2.19. The summed E-state index contributed by atoms with van der Waals surface area (Å²) < 4.78 is 2.34. The average Bonchev–Trinajstić information content (AvgIpc) is 2.87. The Morgan fingerprint density at radius 3 is 2.70 bits per heavy atom. The summed E-state index contributed by atoms with van der Waals surface area (Å²) in [4.78, 5) is 2.52. The highest BCUT2D eigenvalue weighted by Gasteiger charge is 2.18. The predicted octanol–water partition coefficient (Wildman–Crippen LogP) is 2.89. The summed E-state index contributed by atoms with van der Waals surface area (Å²) in [7, 11) is 0. The van der Waals surface area contributed by atoms with E-state index in [0.717, 1.165) is 57.1 Å².